The summed E-state index contributed by atoms with van der Waals surface area (Å²) in [5, 5.41) is 0.914. The molecule has 4 nitrogen and oxygen atoms in total. The Hall–Kier alpha value is -0.970. The van der Waals surface area contributed by atoms with Crippen molar-refractivity contribution in [1.82, 2.24) is 4.90 Å². The largest absolute Gasteiger partial charge is 0.482 e. The molecule has 1 aromatic carbocycles. The van der Waals surface area contributed by atoms with E-state index in [-0.39, 0.29) is 18.6 Å². The molecule has 0 aliphatic heterocycles. The highest BCUT2D eigenvalue weighted by atomic mass is 35.5. The summed E-state index contributed by atoms with van der Waals surface area (Å²) < 4.78 is 5.57. The molecular formula is C14H20Cl2N2O2. The van der Waals surface area contributed by atoms with E-state index in [1.165, 1.54) is 0 Å². The predicted molar refractivity (Wildman–Crippen MR) is 82.6 cm³/mol. The van der Waals surface area contributed by atoms with Crippen LogP contribution in [0.5, 0.6) is 5.75 Å². The Morgan fingerprint density at radius 1 is 1.40 bits per heavy atom. The van der Waals surface area contributed by atoms with Crippen molar-refractivity contribution in [3.8, 4) is 5.75 Å². The van der Waals surface area contributed by atoms with E-state index in [9.17, 15) is 4.79 Å². The zero-order chi connectivity index (χ0) is 15.3. The first-order chi connectivity index (χ1) is 9.36. The number of carbonyl (C=O) groups is 1. The second-order valence-corrected chi connectivity index (χ2v) is 5.65. The molecule has 20 heavy (non-hydrogen) atoms. The lowest BCUT2D eigenvalue weighted by Crippen LogP contribution is -2.36. The Morgan fingerprint density at radius 3 is 2.60 bits per heavy atom. The molecule has 2 N–H and O–H groups in total. The maximum Gasteiger partial charge on any atom is 0.260 e. The van der Waals surface area contributed by atoms with Crippen molar-refractivity contribution in [2.24, 2.45) is 5.73 Å². The molecule has 0 aromatic heterocycles. The number of hydrogen-bond acceptors (Lipinski definition) is 3. The Bertz CT molecular complexity index is 478. The molecule has 1 rings (SSSR count). The number of hydrogen-bond donors (Lipinski definition) is 1. The highest BCUT2D eigenvalue weighted by Crippen LogP contribution is 2.32. The Morgan fingerprint density at radius 2 is 2.05 bits per heavy atom. The number of amides is 1. The lowest BCUT2D eigenvalue weighted by atomic mass is 10.1. The van der Waals surface area contributed by atoms with E-state index >= 15 is 0 Å². The van der Waals surface area contributed by atoms with Gasteiger partial charge in [0.25, 0.3) is 5.91 Å². The zero-order valence-electron chi connectivity index (χ0n) is 12.0. The van der Waals surface area contributed by atoms with Gasteiger partial charge < -0.3 is 15.4 Å². The number of carbonyl (C=O) groups excluding carboxylic acids is 1. The van der Waals surface area contributed by atoms with Crippen LogP contribution in [0.15, 0.2) is 12.1 Å². The van der Waals surface area contributed by atoms with E-state index in [0.717, 1.165) is 5.56 Å². The van der Waals surface area contributed by atoms with E-state index in [1.807, 2.05) is 13.8 Å². The minimum atomic E-state index is -0.107. The van der Waals surface area contributed by atoms with Gasteiger partial charge in [0, 0.05) is 18.1 Å². The summed E-state index contributed by atoms with van der Waals surface area (Å²) >= 11 is 12.1. The van der Waals surface area contributed by atoms with Gasteiger partial charge in [-0.1, -0.05) is 23.2 Å². The number of rotatable bonds is 6. The number of ether oxygens (including phenoxy) is 1. The summed E-state index contributed by atoms with van der Waals surface area (Å²) in [5.74, 6) is 0.372. The van der Waals surface area contributed by atoms with E-state index < -0.39 is 0 Å². The van der Waals surface area contributed by atoms with Crippen LogP contribution < -0.4 is 10.5 Å². The molecule has 0 unspecified atom stereocenters. The predicted octanol–water partition coefficient (Wildman–Crippen LogP) is 2.74. The van der Waals surface area contributed by atoms with Crippen molar-refractivity contribution in [3.63, 3.8) is 0 Å². The van der Waals surface area contributed by atoms with Crippen LogP contribution in [0.3, 0.4) is 0 Å². The first-order valence-corrected chi connectivity index (χ1v) is 7.18. The average molecular weight is 319 g/mol. The molecule has 0 heterocycles. The van der Waals surface area contributed by atoms with Crippen LogP contribution in [0.4, 0.5) is 0 Å². The van der Waals surface area contributed by atoms with Gasteiger partial charge in [0.1, 0.15) is 5.75 Å². The number of nitrogens with zero attached hydrogens (tertiary/aromatic N) is 1. The minimum absolute atomic E-state index is 0.0619. The van der Waals surface area contributed by atoms with Gasteiger partial charge in [-0.15, -0.1) is 0 Å². The van der Waals surface area contributed by atoms with Crippen molar-refractivity contribution >= 4 is 29.1 Å². The lowest BCUT2D eigenvalue weighted by molar-refractivity contribution is -0.133. The van der Waals surface area contributed by atoms with E-state index in [2.05, 4.69) is 0 Å². The topological polar surface area (TPSA) is 55.6 Å². The van der Waals surface area contributed by atoms with Crippen LogP contribution >= 0.6 is 23.2 Å². The quantitative estimate of drug-likeness (QED) is 0.877. The summed E-state index contributed by atoms with van der Waals surface area (Å²) in [5.41, 5.74) is 6.37. The number of likely N-dealkylation sites (N-methyl/N-ethyl adjacent to an activating group) is 1. The summed E-state index contributed by atoms with van der Waals surface area (Å²) in [7, 11) is 1.74. The normalized spacial score (nSPS) is 10.8. The van der Waals surface area contributed by atoms with Crippen molar-refractivity contribution in [1.29, 1.82) is 0 Å². The second kappa shape index (κ2) is 7.72. The van der Waals surface area contributed by atoms with Crippen LogP contribution in [-0.4, -0.2) is 37.0 Å². The maximum atomic E-state index is 11.9. The van der Waals surface area contributed by atoms with E-state index in [0.29, 0.717) is 28.8 Å². The molecule has 1 amide bonds. The van der Waals surface area contributed by atoms with Crippen LogP contribution in [-0.2, 0) is 11.2 Å². The first-order valence-electron chi connectivity index (χ1n) is 6.43. The smallest absolute Gasteiger partial charge is 0.260 e. The molecular weight excluding hydrogens is 299 g/mol. The highest BCUT2D eigenvalue weighted by Gasteiger charge is 2.16. The van der Waals surface area contributed by atoms with Crippen LogP contribution in [0.1, 0.15) is 19.4 Å². The number of nitrogens with two attached hydrogens (primary N) is 1. The van der Waals surface area contributed by atoms with Gasteiger partial charge in [-0.25, -0.2) is 0 Å². The molecule has 0 fully saturated rings. The van der Waals surface area contributed by atoms with E-state index in [4.69, 9.17) is 33.7 Å². The van der Waals surface area contributed by atoms with Gasteiger partial charge in [0.05, 0.1) is 5.02 Å². The SMILES string of the molecule is CC(C)N(C)C(=O)COc1c(Cl)cc(Cl)cc1CCN. The van der Waals surface area contributed by atoms with E-state index in [1.54, 1.807) is 24.1 Å². The van der Waals surface area contributed by atoms with Crippen LogP contribution in [0.2, 0.25) is 10.0 Å². The monoisotopic (exact) mass is 318 g/mol. The summed E-state index contributed by atoms with van der Waals surface area (Å²) in [6.45, 7) is 4.26. The van der Waals surface area contributed by atoms with Crippen LogP contribution in [0, 0.1) is 0 Å². The highest BCUT2D eigenvalue weighted by molar-refractivity contribution is 6.35. The standard InChI is InChI=1S/C14H20Cl2N2O2/c1-9(2)18(3)13(19)8-20-14-10(4-5-17)6-11(15)7-12(14)16/h6-7,9H,4-5,8,17H2,1-3H3. The van der Waals surface area contributed by atoms with Crippen molar-refractivity contribution in [2.75, 3.05) is 20.2 Å². The van der Waals surface area contributed by atoms with Crippen LogP contribution in [0.25, 0.3) is 0 Å². The molecule has 0 saturated carbocycles. The third kappa shape index (κ3) is 4.54. The van der Waals surface area contributed by atoms with Gasteiger partial charge in [-0.3, -0.25) is 4.79 Å². The average Bonchev–Trinajstić information content (AvgIpc) is 2.36. The molecule has 112 valence electrons. The summed E-state index contributed by atoms with van der Waals surface area (Å²) in [6, 6.07) is 3.47. The molecule has 1 aromatic rings. The minimum Gasteiger partial charge on any atom is -0.482 e. The molecule has 0 saturated heterocycles. The zero-order valence-corrected chi connectivity index (χ0v) is 13.5. The molecule has 0 bridgehead atoms. The molecule has 0 aliphatic carbocycles. The molecule has 6 heteroatoms. The summed E-state index contributed by atoms with van der Waals surface area (Å²) in [6.07, 6.45) is 0.587. The fourth-order valence-corrected chi connectivity index (χ4v) is 2.23. The lowest BCUT2D eigenvalue weighted by Gasteiger charge is -2.22. The maximum absolute atomic E-state index is 11.9. The molecule has 0 spiro atoms. The van der Waals surface area contributed by atoms with Crippen molar-refractivity contribution in [2.45, 2.75) is 26.3 Å². The number of benzene rings is 1. The Labute approximate surface area is 129 Å². The van der Waals surface area contributed by atoms with Gasteiger partial charge in [-0.2, -0.15) is 0 Å². The molecule has 0 radical (unpaired) electrons. The number of halogens is 2. The fraction of sp³-hybridized carbons (Fsp3) is 0.500. The van der Waals surface area contributed by atoms with Gasteiger partial charge in [-0.05, 0) is 44.5 Å². The van der Waals surface area contributed by atoms with Gasteiger partial charge in [0.2, 0.25) is 0 Å². The molecule has 0 atom stereocenters. The first kappa shape index (κ1) is 17.1. The molecule has 0 aliphatic rings. The van der Waals surface area contributed by atoms with Crippen molar-refractivity contribution in [3.05, 3.63) is 27.7 Å². The fourth-order valence-electron chi connectivity index (χ4n) is 1.64. The third-order valence-electron chi connectivity index (χ3n) is 3.01. The van der Waals surface area contributed by atoms with Crippen molar-refractivity contribution < 1.29 is 9.53 Å². The Kier molecular flexibility index (Phi) is 6.59. The third-order valence-corrected chi connectivity index (χ3v) is 3.51. The van der Waals surface area contributed by atoms with Gasteiger partial charge >= 0.3 is 0 Å². The second-order valence-electron chi connectivity index (χ2n) is 4.80. The van der Waals surface area contributed by atoms with Gasteiger partial charge in [0.15, 0.2) is 6.61 Å². The summed E-state index contributed by atoms with van der Waals surface area (Å²) in [4.78, 5) is 13.5. The Balaban J connectivity index is 2.84.